The third-order valence-electron chi connectivity index (χ3n) is 11.3. The standard InChI is InChI=1S/C25H33N3O7.C23H29N3O7.CH4.Li.2H2O/c1-25(2,3)35-24(32)27-14-12-26(13-15-27)18-6-7-19-17(16-18)10-11-28(22(19)30)20(23(31)34-5)8-9-21(29)33-4;1-23(2,3)33-22(32)25-12-10-24(11-13-25)16-4-5-17-15(14-16)8-9-26(20(17)29)18(21(30)31)6-7-19(27)28;;;;/h6-7,10-11,16,20H,8-9,12-15H2,1-5H3;4-5,8-9,14,18H,6-7,10-13H2,1-3H3,(H,27,28)(H,30,31);1H4;;2*1H2/q;;;+1;;/p-1. The van der Waals surface area contributed by atoms with E-state index >= 15 is 0 Å². The van der Waals surface area contributed by atoms with Crippen LogP contribution in [0, 0.1) is 0 Å². The van der Waals surface area contributed by atoms with Crippen LogP contribution in [0.5, 0.6) is 0 Å². The van der Waals surface area contributed by atoms with E-state index in [0.717, 1.165) is 21.3 Å². The van der Waals surface area contributed by atoms with Gasteiger partial charge in [0, 0.05) is 99.7 Å². The van der Waals surface area contributed by atoms with Gasteiger partial charge in [0.15, 0.2) is 0 Å². The molecule has 2 aliphatic heterocycles. The first-order chi connectivity index (χ1) is 32.0. The number of anilines is 2. The van der Waals surface area contributed by atoms with Crippen molar-refractivity contribution in [3.63, 3.8) is 0 Å². The first-order valence-electron chi connectivity index (χ1n) is 22.3. The fraction of sp³-hybridized carbons (Fsp3) is 0.510. The van der Waals surface area contributed by atoms with Gasteiger partial charge in [0.2, 0.25) is 0 Å². The van der Waals surface area contributed by atoms with Crippen LogP contribution in [0.2, 0.25) is 0 Å². The summed E-state index contributed by atoms with van der Waals surface area (Å²) in [4.78, 5) is 105. The monoisotopic (exact) mass is 1000 g/mol. The first kappa shape index (κ1) is 63.4. The SMILES string of the molecule is C.CC(C)(C)OC(=O)N1CCN(c2ccc3c(=O)n(C(CCC(=O)O)C(=O)O)ccc3c2)CC1.COC(=O)CCC(C(=O)OC)n1ccc2cc(N3CCN(C(=O)OC(C)(C)C)CC3)ccc2c1=O.O.[Li+].[OH-]. The summed E-state index contributed by atoms with van der Waals surface area (Å²) in [6.07, 6.45) is 1.83. The maximum Gasteiger partial charge on any atom is 1.00 e. The number of amides is 2. The molecule has 0 aliphatic carbocycles. The van der Waals surface area contributed by atoms with Gasteiger partial charge >= 0.3 is 54.9 Å². The summed E-state index contributed by atoms with van der Waals surface area (Å²) in [5, 5.41) is 20.5. The molecule has 0 spiro atoms. The molecule has 4 aromatic rings. The fourth-order valence-electron chi connectivity index (χ4n) is 7.84. The molecule has 2 aromatic carbocycles. The number of esters is 2. The molecule has 2 aliphatic rings. The van der Waals surface area contributed by atoms with Crippen LogP contribution in [0.25, 0.3) is 21.5 Å². The number of hydrogen-bond donors (Lipinski definition) is 2. The van der Waals surface area contributed by atoms with Gasteiger partial charge in [-0.2, -0.15) is 0 Å². The summed E-state index contributed by atoms with van der Waals surface area (Å²) in [5.74, 6) is -3.44. The van der Waals surface area contributed by atoms with E-state index in [4.69, 9.17) is 19.3 Å². The zero-order valence-electron chi connectivity index (χ0n) is 41.8. The number of methoxy groups -OCH3 is 2. The van der Waals surface area contributed by atoms with Crippen LogP contribution in [0.15, 0.2) is 70.5 Å². The van der Waals surface area contributed by atoms with E-state index in [2.05, 4.69) is 14.5 Å². The van der Waals surface area contributed by atoms with Crippen molar-refractivity contribution < 1.29 is 87.7 Å². The van der Waals surface area contributed by atoms with Crippen molar-refractivity contribution in [2.45, 2.75) is 97.9 Å². The van der Waals surface area contributed by atoms with Crippen molar-refractivity contribution in [3.8, 4) is 0 Å². The Morgan fingerprint density at radius 3 is 1.33 bits per heavy atom. The second-order valence-corrected chi connectivity index (χ2v) is 18.4. The Balaban J connectivity index is 0.000000683. The minimum Gasteiger partial charge on any atom is -0.870 e. The third kappa shape index (κ3) is 16.7. The number of aromatic nitrogens is 2. The molecule has 5 N–H and O–H groups in total. The fourth-order valence-corrected chi connectivity index (χ4v) is 7.84. The molecule has 2 fully saturated rings. The molecular formula is C49H69LiN6O16. The van der Waals surface area contributed by atoms with Gasteiger partial charge in [0.05, 0.1) is 14.2 Å². The smallest absolute Gasteiger partial charge is 0.870 e. The number of benzene rings is 2. The molecule has 2 amide bonds. The van der Waals surface area contributed by atoms with Gasteiger partial charge in [0.25, 0.3) is 11.1 Å². The topological polar surface area (TPSA) is 298 Å². The van der Waals surface area contributed by atoms with Crippen LogP contribution in [-0.2, 0) is 38.1 Å². The maximum atomic E-state index is 13.2. The second kappa shape index (κ2) is 27.3. The Bertz CT molecular complexity index is 2630. The molecule has 0 radical (unpaired) electrons. The Hall–Kier alpha value is -6.60. The first-order valence-corrected chi connectivity index (χ1v) is 22.3. The summed E-state index contributed by atoms with van der Waals surface area (Å²) < 4.78 is 22.8. The van der Waals surface area contributed by atoms with Gasteiger partial charge in [-0.3, -0.25) is 19.2 Å². The number of ether oxygens (including phenoxy) is 4. The van der Waals surface area contributed by atoms with Crippen molar-refractivity contribution in [1.29, 1.82) is 0 Å². The Kier molecular flexibility index (Phi) is 24.0. The molecule has 2 aromatic heterocycles. The van der Waals surface area contributed by atoms with Crippen LogP contribution in [0.1, 0.15) is 86.7 Å². The molecule has 72 heavy (non-hydrogen) atoms. The zero-order chi connectivity index (χ0) is 50.1. The average molecular weight is 1010 g/mol. The van der Waals surface area contributed by atoms with E-state index in [1.165, 1.54) is 25.0 Å². The van der Waals surface area contributed by atoms with Crippen molar-refractivity contribution in [2.24, 2.45) is 0 Å². The minimum atomic E-state index is -1.25. The molecule has 2 atom stereocenters. The molecule has 22 nitrogen and oxygen atoms in total. The number of carbonyl (C=O) groups is 6. The van der Waals surface area contributed by atoms with Crippen LogP contribution in [0.4, 0.5) is 21.0 Å². The van der Waals surface area contributed by atoms with Crippen LogP contribution < -0.4 is 39.8 Å². The number of nitrogens with zero attached hydrogens (tertiary/aromatic N) is 6. The summed E-state index contributed by atoms with van der Waals surface area (Å²) in [6.45, 7) is 15.6. The van der Waals surface area contributed by atoms with Gasteiger partial charge in [-0.05, 0) is 114 Å². The third-order valence-corrected chi connectivity index (χ3v) is 11.3. The van der Waals surface area contributed by atoms with Crippen molar-refractivity contribution in [3.05, 3.63) is 81.6 Å². The quantitative estimate of drug-likeness (QED) is 0.116. The summed E-state index contributed by atoms with van der Waals surface area (Å²) >= 11 is 0. The predicted molar refractivity (Wildman–Crippen MR) is 265 cm³/mol. The van der Waals surface area contributed by atoms with Crippen LogP contribution >= 0.6 is 0 Å². The molecule has 23 heteroatoms. The van der Waals surface area contributed by atoms with Crippen LogP contribution in [0.3, 0.4) is 0 Å². The Labute approximate surface area is 430 Å². The molecule has 0 saturated carbocycles. The van der Waals surface area contributed by atoms with Gasteiger partial charge < -0.3 is 68.8 Å². The number of aliphatic carboxylic acids is 2. The maximum absolute atomic E-state index is 13.2. The van der Waals surface area contributed by atoms with E-state index in [0.29, 0.717) is 68.5 Å². The van der Waals surface area contributed by atoms with Gasteiger partial charge in [-0.25, -0.2) is 19.2 Å². The molecule has 392 valence electrons. The molecule has 2 saturated heterocycles. The Morgan fingerprint density at radius 2 is 0.986 bits per heavy atom. The molecule has 4 heterocycles. The van der Waals surface area contributed by atoms with E-state index in [1.807, 2.05) is 59.7 Å². The number of carboxylic acids is 2. The number of carbonyl (C=O) groups excluding carboxylic acids is 4. The molecule has 0 bridgehead atoms. The van der Waals surface area contributed by atoms with Crippen molar-refractivity contribution in [1.82, 2.24) is 18.9 Å². The normalized spacial score (nSPS) is 14.3. The van der Waals surface area contributed by atoms with Gasteiger partial charge in [0.1, 0.15) is 23.3 Å². The number of rotatable bonds is 12. The second-order valence-electron chi connectivity index (χ2n) is 18.4. The van der Waals surface area contributed by atoms with Gasteiger partial charge in [-0.1, -0.05) is 7.43 Å². The number of piperazine rings is 2. The van der Waals surface area contributed by atoms with E-state index < -0.39 is 52.7 Å². The van der Waals surface area contributed by atoms with E-state index in [9.17, 15) is 43.5 Å². The largest absolute Gasteiger partial charge is 1.00 e. The molecular weight excluding hydrogens is 936 g/mol. The summed E-state index contributed by atoms with van der Waals surface area (Å²) in [5.41, 5.74) is -0.0771. The van der Waals surface area contributed by atoms with Gasteiger partial charge in [-0.15, -0.1) is 0 Å². The Morgan fingerprint density at radius 1 is 0.597 bits per heavy atom. The zero-order valence-corrected chi connectivity index (χ0v) is 41.8. The number of fused-ring (bicyclic) bond motifs is 2. The average Bonchev–Trinajstić information content (AvgIpc) is 3.29. The van der Waals surface area contributed by atoms with Crippen LogP contribution in [-0.4, -0.2) is 154 Å². The summed E-state index contributed by atoms with van der Waals surface area (Å²) in [7, 11) is 2.51. The number of carboxylic acid groups (broad SMARTS) is 2. The van der Waals surface area contributed by atoms with Crippen molar-refractivity contribution in [2.75, 3.05) is 76.4 Å². The van der Waals surface area contributed by atoms with E-state index in [-0.39, 0.29) is 80.7 Å². The number of pyridine rings is 2. The number of hydrogen-bond acceptors (Lipinski definition) is 15. The predicted octanol–water partition coefficient (Wildman–Crippen LogP) is 1.91. The van der Waals surface area contributed by atoms with E-state index in [1.54, 1.807) is 46.3 Å². The molecule has 6 rings (SSSR count). The molecule has 2 unspecified atom stereocenters. The minimum absolute atomic E-state index is 0. The summed E-state index contributed by atoms with van der Waals surface area (Å²) in [6, 6.07) is 12.1. The van der Waals surface area contributed by atoms with Crippen molar-refractivity contribution >= 4 is 69.0 Å².